The van der Waals surface area contributed by atoms with Gasteiger partial charge in [-0.05, 0) is 23.3 Å². The van der Waals surface area contributed by atoms with Crippen molar-refractivity contribution in [2.45, 2.75) is 12.2 Å². The van der Waals surface area contributed by atoms with Crippen molar-refractivity contribution in [3.05, 3.63) is 53.6 Å². The van der Waals surface area contributed by atoms with Gasteiger partial charge in [0.2, 0.25) is 5.75 Å². The summed E-state index contributed by atoms with van der Waals surface area (Å²) in [5.41, 5.74) is 2.08. The maximum Gasteiger partial charge on any atom is 0.203 e. The molecule has 0 amide bonds. The van der Waals surface area contributed by atoms with Crippen molar-refractivity contribution in [3.8, 4) is 17.2 Å². The predicted molar refractivity (Wildman–Crippen MR) is 110 cm³/mol. The zero-order valence-electron chi connectivity index (χ0n) is 17.7. The van der Waals surface area contributed by atoms with E-state index in [0.29, 0.717) is 30.5 Å². The van der Waals surface area contributed by atoms with Crippen molar-refractivity contribution in [2.24, 2.45) is 11.8 Å². The summed E-state index contributed by atoms with van der Waals surface area (Å²) in [7, 11) is 8.28. The summed E-state index contributed by atoms with van der Waals surface area (Å²) in [5.74, 6) is 2.02. The molecular weight excluding hydrogens is 372 g/mol. The van der Waals surface area contributed by atoms with E-state index in [2.05, 4.69) is 12.1 Å². The average molecular weight is 402 g/mol. The topological polar surface area (TPSA) is 55.4 Å². The highest BCUT2D eigenvalue weighted by Gasteiger charge is 2.41. The third-order valence-corrected chi connectivity index (χ3v) is 5.60. The third-order valence-electron chi connectivity index (χ3n) is 5.60. The van der Waals surface area contributed by atoms with Gasteiger partial charge in [-0.25, -0.2) is 0 Å². The second-order valence-corrected chi connectivity index (χ2v) is 7.05. The second kappa shape index (κ2) is 9.96. The molecule has 6 heteroatoms. The normalized spacial score (nSPS) is 20.9. The van der Waals surface area contributed by atoms with Gasteiger partial charge < -0.3 is 28.4 Å². The molecule has 0 bridgehead atoms. The number of methoxy groups -OCH3 is 5. The Balaban J connectivity index is 1.96. The maximum atomic E-state index is 5.97. The van der Waals surface area contributed by atoms with Gasteiger partial charge in [-0.1, -0.05) is 30.3 Å². The Kier molecular flexibility index (Phi) is 7.36. The first-order valence-corrected chi connectivity index (χ1v) is 9.66. The molecule has 0 spiro atoms. The van der Waals surface area contributed by atoms with Crippen LogP contribution in [0.2, 0.25) is 0 Å². The minimum atomic E-state index is -0.211. The van der Waals surface area contributed by atoms with Gasteiger partial charge in [0.25, 0.3) is 0 Å². The van der Waals surface area contributed by atoms with E-state index in [1.165, 1.54) is 0 Å². The van der Waals surface area contributed by atoms with Crippen LogP contribution in [0, 0.1) is 11.8 Å². The summed E-state index contributed by atoms with van der Waals surface area (Å²) in [6, 6.07) is 14.1. The van der Waals surface area contributed by atoms with Gasteiger partial charge in [-0.3, -0.25) is 0 Å². The molecule has 1 aliphatic heterocycles. The summed E-state index contributed by atoms with van der Waals surface area (Å²) in [6.07, 6.45) is -0.291. The lowest BCUT2D eigenvalue weighted by Crippen LogP contribution is -2.28. The highest BCUT2D eigenvalue weighted by Crippen LogP contribution is 2.46. The van der Waals surface area contributed by atoms with Gasteiger partial charge >= 0.3 is 0 Å². The largest absolute Gasteiger partial charge is 0.493 e. The first kappa shape index (κ1) is 21.4. The van der Waals surface area contributed by atoms with Crippen molar-refractivity contribution >= 4 is 0 Å². The number of hydrogen-bond donors (Lipinski definition) is 0. The van der Waals surface area contributed by atoms with Gasteiger partial charge in [0.15, 0.2) is 11.5 Å². The molecule has 4 atom stereocenters. The Bertz CT molecular complexity index is 753. The van der Waals surface area contributed by atoms with Crippen LogP contribution in [-0.2, 0) is 14.2 Å². The Morgan fingerprint density at radius 2 is 1.24 bits per heavy atom. The van der Waals surface area contributed by atoms with Crippen LogP contribution in [0.25, 0.3) is 0 Å². The smallest absolute Gasteiger partial charge is 0.203 e. The van der Waals surface area contributed by atoms with Gasteiger partial charge in [0.1, 0.15) is 0 Å². The summed E-state index contributed by atoms with van der Waals surface area (Å²) in [5, 5.41) is 0. The van der Waals surface area contributed by atoms with E-state index in [-0.39, 0.29) is 24.0 Å². The molecule has 1 fully saturated rings. The molecule has 0 aliphatic carbocycles. The Labute approximate surface area is 172 Å². The first-order valence-electron chi connectivity index (χ1n) is 9.66. The van der Waals surface area contributed by atoms with Crippen LogP contribution in [0.3, 0.4) is 0 Å². The minimum Gasteiger partial charge on any atom is -0.493 e. The van der Waals surface area contributed by atoms with Crippen LogP contribution in [0.4, 0.5) is 0 Å². The standard InChI is InChI=1S/C23H30O6/c1-24-19-11-16(12-20(25-2)23(19)28-5)22(27-4)18-14-29-13-17(18)21(26-3)15-9-7-6-8-10-15/h6-12,17-18,21-22H,13-14H2,1-5H3/t17-,18-,21?,22?/m1/s1. The number of benzene rings is 2. The molecular formula is C23H30O6. The fraction of sp³-hybridized carbons (Fsp3) is 0.478. The summed E-state index contributed by atoms with van der Waals surface area (Å²) >= 11 is 0. The molecule has 0 aromatic heterocycles. The van der Waals surface area contributed by atoms with Crippen LogP contribution in [-0.4, -0.2) is 48.8 Å². The van der Waals surface area contributed by atoms with E-state index in [1.54, 1.807) is 35.5 Å². The van der Waals surface area contributed by atoms with E-state index in [4.69, 9.17) is 28.4 Å². The van der Waals surface area contributed by atoms with Crippen molar-refractivity contribution in [2.75, 3.05) is 48.8 Å². The minimum absolute atomic E-state index is 0.0802. The molecule has 1 aliphatic rings. The van der Waals surface area contributed by atoms with E-state index in [9.17, 15) is 0 Å². The van der Waals surface area contributed by atoms with E-state index in [0.717, 1.165) is 11.1 Å². The molecule has 2 aromatic rings. The van der Waals surface area contributed by atoms with E-state index >= 15 is 0 Å². The van der Waals surface area contributed by atoms with E-state index in [1.807, 2.05) is 30.3 Å². The first-order chi connectivity index (χ1) is 14.2. The van der Waals surface area contributed by atoms with Crippen LogP contribution in [0.5, 0.6) is 17.2 Å². The van der Waals surface area contributed by atoms with Gasteiger partial charge in [-0.15, -0.1) is 0 Å². The molecule has 0 saturated carbocycles. The number of ether oxygens (including phenoxy) is 6. The quantitative estimate of drug-likeness (QED) is 0.631. The zero-order chi connectivity index (χ0) is 20.8. The fourth-order valence-corrected chi connectivity index (χ4v) is 4.24. The summed E-state index contributed by atoms with van der Waals surface area (Å²) in [6.45, 7) is 1.20. The van der Waals surface area contributed by atoms with Crippen molar-refractivity contribution in [1.82, 2.24) is 0 Å². The second-order valence-electron chi connectivity index (χ2n) is 7.05. The lowest BCUT2D eigenvalue weighted by atomic mass is 9.81. The molecule has 6 nitrogen and oxygen atoms in total. The van der Waals surface area contributed by atoms with Gasteiger partial charge in [-0.2, -0.15) is 0 Å². The highest BCUT2D eigenvalue weighted by atomic mass is 16.5. The monoisotopic (exact) mass is 402 g/mol. The van der Waals surface area contributed by atoms with Crippen molar-refractivity contribution < 1.29 is 28.4 Å². The predicted octanol–water partition coefficient (Wildman–Crippen LogP) is 4.05. The average Bonchev–Trinajstić information content (AvgIpc) is 3.23. The van der Waals surface area contributed by atoms with Gasteiger partial charge in [0, 0.05) is 26.1 Å². The third kappa shape index (κ3) is 4.34. The lowest BCUT2D eigenvalue weighted by Gasteiger charge is -2.31. The highest BCUT2D eigenvalue weighted by molar-refractivity contribution is 5.54. The molecule has 0 radical (unpaired) electrons. The zero-order valence-corrected chi connectivity index (χ0v) is 17.7. The number of rotatable bonds is 9. The Morgan fingerprint density at radius 3 is 1.69 bits per heavy atom. The number of hydrogen-bond acceptors (Lipinski definition) is 6. The Morgan fingerprint density at radius 1 is 0.724 bits per heavy atom. The molecule has 0 N–H and O–H groups in total. The lowest BCUT2D eigenvalue weighted by molar-refractivity contribution is -0.0141. The molecule has 1 heterocycles. The van der Waals surface area contributed by atoms with Crippen LogP contribution >= 0.6 is 0 Å². The molecule has 2 unspecified atom stereocenters. The molecule has 2 aromatic carbocycles. The molecule has 3 rings (SSSR count). The van der Waals surface area contributed by atoms with Crippen molar-refractivity contribution in [1.29, 1.82) is 0 Å². The Hall–Kier alpha value is -2.28. The fourth-order valence-electron chi connectivity index (χ4n) is 4.24. The van der Waals surface area contributed by atoms with Crippen LogP contribution in [0.1, 0.15) is 23.3 Å². The van der Waals surface area contributed by atoms with Crippen molar-refractivity contribution in [3.63, 3.8) is 0 Å². The molecule has 29 heavy (non-hydrogen) atoms. The van der Waals surface area contributed by atoms with Gasteiger partial charge in [0.05, 0.1) is 46.8 Å². The van der Waals surface area contributed by atoms with Crippen LogP contribution < -0.4 is 14.2 Å². The summed E-state index contributed by atoms with van der Waals surface area (Å²) < 4.78 is 34.3. The van der Waals surface area contributed by atoms with E-state index < -0.39 is 0 Å². The molecule has 158 valence electrons. The molecule has 1 saturated heterocycles. The SMILES string of the molecule is COc1cc(C(OC)[C@@H]2COC[C@H]2C(OC)c2ccccc2)cc(OC)c1OC. The maximum absolute atomic E-state index is 5.97. The summed E-state index contributed by atoms with van der Waals surface area (Å²) in [4.78, 5) is 0. The van der Waals surface area contributed by atoms with Crippen LogP contribution in [0.15, 0.2) is 42.5 Å².